The van der Waals surface area contributed by atoms with Crippen LogP contribution in [-0.4, -0.2) is 22.1 Å². The van der Waals surface area contributed by atoms with Crippen LogP contribution in [0.5, 0.6) is 6.01 Å². The molecule has 0 aliphatic heterocycles. The first-order valence-electron chi connectivity index (χ1n) is 7.18. The second kappa shape index (κ2) is 5.21. The van der Waals surface area contributed by atoms with Crippen LogP contribution in [0.1, 0.15) is 0 Å². The minimum absolute atomic E-state index is 0.158. The quantitative estimate of drug-likeness (QED) is 0.617. The summed E-state index contributed by atoms with van der Waals surface area (Å²) in [5.74, 6) is 0. The zero-order valence-corrected chi connectivity index (χ0v) is 12.4. The van der Waals surface area contributed by atoms with Crippen molar-refractivity contribution < 1.29 is 4.74 Å². The molecule has 0 amide bonds. The van der Waals surface area contributed by atoms with Crippen molar-refractivity contribution in [2.75, 3.05) is 7.11 Å². The van der Waals surface area contributed by atoms with Gasteiger partial charge in [0.1, 0.15) is 0 Å². The number of hydrogen-bond donors (Lipinski definition) is 1. The highest BCUT2D eigenvalue weighted by Crippen LogP contribution is 2.28. The van der Waals surface area contributed by atoms with Crippen molar-refractivity contribution in [3.63, 3.8) is 0 Å². The molecule has 0 unspecified atom stereocenters. The van der Waals surface area contributed by atoms with E-state index >= 15 is 0 Å². The third-order valence-corrected chi connectivity index (χ3v) is 3.84. The van der Waals surface area contributed by atoms with Crippen LogP contribution in [0.2, 0.25) is 0 Å². The number of nitrogens with zero attached hydrogens (tertiary/aromatic N) is 2. The van der Waals surface area contributed by atoms with E-state index in [1.54, 1.807) is 6.20 Å². The standard InChI is InChI=1S/C18H13N3O2/c1-23-18-20-16-15(17(22)21-18)14(8-9-19-16)13-7-6-11-4-2-3-5-12(11)10-13/h2-10H,1H3,(H,19,20,21,22). The Morgan fingerprint density at radius 2 is 1.87 bits per heavy atom. The summed E-state index contributed by atoms with van der Waals surface area (Å²) < 4.78 is 5.00. The predicted octanol–water partition coefficient (Wildman–Crippen LogP) is 3.15. The minimum Gasteiger partial charge on any atom is -0.468 e. The smallest absolute Gasteiger partial charge is 0.298 e. The van der Waals surface area contributed by atoms with Crippen LogP contribution in [0, 0.1) is 0 Å². The molecule has 0 fully saturated rings. The number of hydrogen-bond acceptors (Lipinski definition) is 4. The van der Waals surface area contributed by atoms with E-state index in [1.165, 1.54) is 7.11 Å². The molecule has 0 saturated carbocycles. The maximum atomic E-state index is 12.4. The van der Waals surface area contributed by atoms with Crippen molar-refractivity contribution in [2.45, 2.75) is 0 Å². The van der Waals surface area contributed by atoms with Crippen LogP contribution in [0.25, 0.3) is 32.9 Å². The van der Waals surface area contributed by atoms with Crippen molar-refractivity contribution in [2.24, 2.45) is 0 Å². The SMILES string of the molecule is COc1nc2nccc(-c3ccc4ccccc4c3)c2c(=O)[nH]1. The lowest BCUT2D eigenvalue weighted by molar-refractivity contribution is 0.380. The summed E-state index contributed by atoms with van der Waals surface area (Å²) in [7, 11) is 1.46. The minimum atomic E-state index is -0.261. The third kappa shape index (κ3) is 2.23. The van der Waals surface area contributed by atoms with Crippen LogP contribution in [0.4, 0.5) is 0 Å². The Hall–Kier alpha value is -3.21. The van der Waals surface area contributed by atoms with Gasteiger partial charge in [0.25, 0.3) is 11.6 Å². The molecule has 0 aliphatic carbocycles. The van der Waals surface area contributed by atoms with Crippen LogP contribution in [0.3, 0.4) is 0 Å². The molecule has 0 atom stereocenters. The molecule has 5 nitrogen and oxygen atoms in total. The Morgan fingerprint density at radius 1 is 1.04 bits per heavy atom. The maximum Gasteiger partial charge on any atom is 0.298 e. The molecule has 0 radical (unpaired) electrons. The van der Waals surface area contributed by atoms with Crippen molar-refractivity contribution in [1.29, 1.82) is 0 Å². The predicted molar refractivity (Wildman–Crippen MR) is 89.7 cm³/mol. The van der Waals surface area contributed by atoms with Gasteiger partial charge in [0.05, 0.1) is 12.5 Å². The van der Waals surface area contributed by atoms with E-state index in [0.29, 0.717) is 11.0 Å². The van der Waals surface area contributed by atoms with Gasteiger partial charge in [-0.05, 0) is 34.0 Å². The lowest BCUT2D eigenvalue weighted by Gasteiger charge is -2.07. The molecular formula is C18H13N3O2. The first-order valence-corrected chi connectivity index (χ1v) is 7.18. The van der Waals surface area contributed by atoms with Crippen molar-refractivity contribution in [1.82, 2.24) is 15.0 Å². The largest absolute Gasteiger partial charge is 0.468 e. The summed E-state index contributed by atoms with van der Waals surface area (Å²) in [6, 6.07) is 16.2. The zero-order chi connectivity index (χ0) is 15.8. The normalized spacial score (nSPS) is 11.0. The monoisotopic (exact) mass is 303 g/mol. The lowest BCUT2D eigenvalue weighted by Crippen LogP contribution is -2.11. The van der Waals surface area contributed by atoms with Crippen LogP contribution < -0.4 is 10.3 Å². The summed E-state index contributed by atoms with van der Waals surface area (Å²) in [4.78, 5) is 23.4. The van der Waals surface area contributed by atoms with Crippen molar-refractivity contribution in [3.8, 4) is 17.1 Å². The number of benzene rings is 2. The second-order valence-corrected chi connectivity index (χ2v) is 5.19. The van der Waals surface area contributed by atoms with Crippen LogP contribution in [0.15, 0.2) is 59.5 Å². The Labute approximate surface area is 131 Å². The van der Waals surface area contributed by atoms with Crippen molar-refractivity contribution >= 4 is 21.8 Å². The van der Waals surface area contributed by atoms with Gasteiger partial charge < -0.3 is 4.74 Å². The number of pyridine rings is 1. The molecule has 0 saturated heterocycles. The molecule has 4 rings (SSSR count). The number of nitrogens with one attached hydrogen (secondary N) is 1. The summed E-state index contributed by atoms with van der Waals surface area (Å²) in [5, 5.41) is 2.74. The molecule has 4 aromatic rings. The average Bonchev–Trinajstić information content (AvgIpc) is 2.60. The van der Waals surface area contributed by atoms with E-state index in [9.17, 15) is 4.79 Å². The Kier molecular flexibility index (Phi) is 3.05. The van der Waals surface area contributed by atoms with E-state index in [4.69, 9.17) is 4.74 Å². The molecule has 0 bridgehead atoms. The molecule has 0 aliphatic rings. The Balaban J connectivity index is 2.02. The third-order valence-electron chi connectivity index (χ3n) is 3.84. The molecule has 23 heavy (non-hydrogen) atoms. The Morgan fingerprint density at radius 3 is 2.70 bits per heavy atom. The molecule has 0 spiro atoms. The summed E-state index contributed by atoms with van der Waals surface area (Å²) in [6.45, 7) is 0. The molecule has 1 N–H and O–H groups in total. The average molecular weight is 303 g/mol. The van der Waals surface area contributed by atoms with E-state index < -0.39 is 0 Å². The van der Waals surface area contributed by atoms with E-state index in [0.717, 1.165) is 21.9 Å². The fourth-order valence-electron chi connectivity index (χ4n) is 2.74. The molecule has 5 heteroatoms. The number of aromatic amines is 1. The van der Waals surface area contributed by atoms with E-state index in [-0.39, 0.29) is 11.6 Å². The number of methoxy groups -OCH3 is 1. The van der Waals surface area contributed by atoms with Gasteiger partial charge >= 0.3 is 0 Å². The first kappa shape index (κ1) is 13.5. The summed E-state index contributed by atoms with van der Waals surface area (Å²) >= 11 is 0. The van der Waals surface area contributed by atoms with Gasteiger partial charge in [0.15, 0.2) is 5.65 Å². The topological polar surface area (TPSA) is 67.9 Å². The van der Waals surface area contributed by atoms with Gasteiger partial charge in [-0.15, -0.1) is 0 Å². The van der Waals surface area contributed by atoms with Gasteiger partial charge in [0, 0.05) is 6.20 Å². The van der Waals surface area contributed by atoms with Crippen LogP contribution in [-0.2, 0) is 0 Å². The number of rotatable bonds is 2. The maximum absolute atomic E-state index is 12.4. The van der Waals surface area contributed by atoms with Gasteiger partial charge in [-0.2, -0.15) is 4.98 Å². The van der Waals surface area contributed by atoms with Gasteiger partial charge in [-0.25, -0.2) is 4.98 Å². The highest BCUT2D eigenvalue weighted by atomic mass is 16.5. The highest BCUT2D eigenvalue weighted by molar-refractivity contribution is 5.95. The number of aromatic nitrogens is 3. The number of H-pyrrole nitrogens is 1. The number of ether oxygens (including phenoxy) is 1. The van der Waals surface area contributed by atoms with Gasteiger partial charge in [-0.3, -0.25) is 9.78 Å². The number of fused-ring (bicyclic) bond motifs is 2. The van der Waals surface area contributed by atoms with E-state index in [1.807, 2.05) is 36.4 Å². The van der Waals surface area contributed by atoms with Crippen molar-refractivity contribution in [3.05, 3.63) is 65.1 Å². The second-order valence-electron chi connectivity index (χ2n) is 5.19. The molecule has 2 heterocycles. The molecular weight excluding hydrogens is 290 g/mol. The van der Waals surface area contributed by atoms with E-state index in [2.05, 4.69) is 27.1 Å². The Bertz CT molecular complexity index is 1090. The van der Waals surface area contributed by atoms with Gasteiger partial charge in [-0.1, -0.05) is 36.4 Å². The molecule has 2 aromatic heterocycles. The molecule has 112 valence electrons. The first-order chi connectivity index (χ1) is 11.3. The lowest BCUT2D eigenvalue weighted by atomic mass is 10.00. The zero-order valence-electron chi connectivity index (χ0n) is 12.4. The fourth-order valence-corrected chi connectivity index (χ4v) is 2.74. The fraction of sp³-hybridized carbons (Fsp3) is 0.0556. The summed E-state index contributed by atoms with van der Waals surface area (Å²) in [5.41, 5.74) is 1.87. The summed E-state index contributed by atoms with van der Waals surface area (Å²) in [6.07, 6.45) is 1.65. The highest BCUT2D eigenvalue weighted by Gasteiger charge is 2.11. The van der Waals surface area contributed by atoms with Gasteiger partial charge in [0.2, 0.25) is 0 Å². The van der Waals surface area contributed by atoms with Crippen LogP contribution >= 0.6 is 0 Å². The molecule has 2 aromatic carbocycles.